The summed E-state index contributed by atoms with van der Waals surface area (Å²) in [5.74, 6) is -0.673. The molecule has 0 aliphatic carbocycles. The topological polar surface area (TPSA) is 63.6 Å². The van der Waals surface area contributed by atoms with Crippen molar-refractivity contribution in [3.63, 3.8) is 0 Å². The number of rotatable bonds is 11. The molecule has 1 rings (SSSR count). The number of carboxylic acids is 1. The van der Waals surface area contributed by atoms with E-state index >= 15 is 0 Å². The second-order valence-electron chi connectivity index (χ2n) is 7.21. The first kappa shape index (κ1) is 21.2. The van der Waals surface area contributed by atoms with Gasteiger partial charge in [-0.25, -0.2) is 9.59 Å². The Kier molecular flexibility index (Phi) is 9.25. The van der Waals surface area contributed by atoms with E-state index in [2.05, 4.69) is 27.7 Å². The summed E-state index contributed by atoms with van der Waals surface area (Å²) < 4.78 is 5.71. The summed E-state index contributed by atoms with van der Waals surface area (Å²) in [7, 11) is 0. The van der Waals surface area contributed by atoms with Crippen LogP contribution >= 0.6 is 0 Å². The maximum Gasteiger partial charge on any atom is 0.339 e. The number of benzene rings is 1. The highest BCUT2D eigenvalue weighted by molar-refractivity contribution is 6.02. The molecule has 0 aliphatic heterocycles. The molecule has 0 fully saturated rings. The van der Waals surface area contributed by atoms with E-state index in [9.17, 15) is 14.7 Å². The zero-order chi connectivity index (χ0) is 18.8. The Morgan fingerprint density at radius 2 is 1.60 bits per heavy atom. The first-order valence-corrected chi connectivity index (χ1v) is 9.40. The predicted octanol–water partition coefficient (Wildman–Crippen LogP) is 5.56. The van der Waals surface area contributed by atoms with Crippen LogP contribution < -0.4 is 0 Å². The lowest BCUT2D eigenvalue weighted by Crippen LogP contribution is -2.26. The largest absolute Gasteiger partial charge is 0.478 e. The Balaban J connectivity index is 2.68. The molecular formula is C21H32O4. The van der Waals surface area contributed by atoms with Crippen molar-refractivity contribution < 1.29 is 19.4 Å². The smallest absolute Gasteiger partial charge is 0.339 e. The molecule has 0 saturated heterocycles. The molecule has 2 atom stereocenters. The van der Waals surface area contributed by atoms with Gasteiger partial charge in [0, 0.05) is 0 Å². The Labute approximate surface area is 151 Å². The van der Waals surface area contributed by atoms with Crippen LogP contribution in [0.1, 0.15) is 86.9 Å². The summed E-state index contributed by atoms with van der Waals surface area (Å²) in [5.41, 5.74) is 0.121. The summed E-state index contributed by atoms with van der Waals surface area (Å²) in [6.07, 6.45) is 6.15. The van der Waals surface area contributed by atoms with Crippen molar-refractivity contribution in [3.05, 3.63) is 35.4 Å². The first-order chi connectivity index (χ1) is 11.9. The standard InChI is InChI=1S/C21H32O4/c1-5-16(4)19(14-8-6-7-11-15(2)3)25-21(24)18-13-10-9-12-17(18)20(22)23/h9-10,12-13,15-16,19H,5-8,11,14H2,1-4H3,(H,22,23). The lowest BCUT2D eigenvalue weighted by atomic mass is 9.95. The van der Waals surface area contributed by atoms with Crippen LogP contribution in [0.2, 0.25) is 0 Å². The van der Waals surface area contributed by atoms with Crippen molar-refractivity contribution in [3.8, 4) is 0 Å². The number of carbonyl (C=O) groups is 2. The minimum absolute atomic E-state index is 0.00710. The minimum atomic E-state index is -1.11. The van der Waals surface area contributed by atoms with E-state index in [1.54, 1.807) is 12.1 Å². The molecule has 0 radical (unpaired) electrons. The third-order valence-electron chi connectivity index (χ3n) is 4.68. The number of aromatic carboxylic acids is 1. The summed E-state index contributed by atoms with van der Waals surface area (Å²) in [5, 5.41) is 9.24. The Hall–Kier alpha value is -1.84. The summed E-state index contributed by atoms with van der Waals surface area (Å²) in [6.45, 7) is 8.61. The summed E-state index contributed by atoms with van der Waals surface area (Å²) in [6, 6.07) is 6.22. The van der Waals surface area contributed by atoms with Gasteiger partial charge in [0.05, 0.1) is 11.1 Å². The van der Waals surface area contributed by atoms with Gasteiger partial charge in [-0.2, -0.15) is 0 Å². The molecule has 4 heteroatoms. The molecule has 0 bridgehead atoms. The second-order valence-corrected chi connectivity index (χ2v) is 7.21. The molecule has 4 nitrogen and oxygen atoms in total. The van der Waals surface area contributed by atoms with Crippen LogP contribution in [-0.2, 0) is 4.74 Å². The van der Waals surface area contributed by atoms with E-state index in [-0.39, 0.29) is 23.1 Å². The van der Waals surface area contributed by atoms with Crippen molar-refractivity contribution in [2.75, 3.05) is 0 Å². The van der Waals surface area contributed by atoms with Crippen LogP contribution in [0.15, 0.2) is 24.3 Å². The van der Waals surface area contributed by atoms with Crippen LogP contribution in [0.3, 0.4) is 0 Å². The predicted molar refractivity (Wildman–Crippen MR) is 100.0 cm³/mol. The van der Waals surface area contributed by atoms with Crippen LogP contribution in [0.5, 0.6) is 0 Å². The third kappa shape index (κ3) is 7.29. The van der Waals surface area contributed by atoms with Crippen molar-refractivity contribution in [2.24, 2.45) is 11.8 Å². The molecule has 1 N–H and O–H groups in total. The zero-order valence-electron chi connectivity index (χ0n) is 16.0. The molecule has 0 heterocycles. The average molecular weight is 348 g/mol. The molecule has 2 unspecified atom stereocenters. The highest BCUT2D eigenvalue weighted by Gasteiger charge is 2.23. The molecule has 25 heavy (non-hydrogen) atoms. The third-order valence-corrected chi connectivity index (χ3v) is 4.68. The molecule has 0 spiro atoms. The fourth-order valence-corrected chi connectivity index (χ4v) is 2.85. The molecule has 0 aliphatic rings. The minimum Gasteiger partial charge on any atom is -0.478 e. The number of carboxylic acid groups (broad SMARTS) is 1. The maximum absolute atomic E-state index is 12.5. The zero-order valence-corrected chi connectivity index (χ0v) is 16.0. The van der Waals surface area contributed by atoms with Crippen molar-refractivity contribution >= 4 is 11.9 Å². The molecule has 0 aromatic heterocycles. The SMILES string of the molecule is CCC(C)C(CCCCCC(C)C)OC(=O)c1ccccc1C(=O)O. The summed E-state index contributed by atoms with van der Waals surface area (Å²) in [4.78, 5) is 23.8. The van der Waals surface area contributed by atoms with E-state index in [4.69, 9.17) is 4.74 Å². The van der Waals surface area contributed by atoms with Gasteiger partial charge in [-0.1, -0.05) is 65.5 Å². The van der Waals surface area contributed by atoms with Gasteiger partial charge in [0.15, 0.2) is 0 Å². The normalized spacial score (nSPS) is 13.5. The van der Waals surface area contributed by atoms with Crippen molar-refractivity contribution in [2.45, 2.75) is 72.3 Å². The van der Waals surface area contributed by atoms with Crippen LogP contribution in [-0.4, -0.2) is 23.1 Å². The number of unbranched alkanes of at least 4 members (excludes halogenated alkanes) is 2. The van der Waals surface area contributed by atoms with Crippen LogP contribution in [0.4, 0.5) is 0 Å². The highest BCUT2D eigenvalue weighted by Crippen LogP contribution is 2.22. The van der Waals surface area contributed by atoms with Gasteiger partial charge in [-0.15, -0.1) is 0 Å². The molecule has 0 saturated carbocycles. The first-order valence-electron chi connectivity index (χ1n) is 9.40. The van der Waals surface area contributed by atoms with E-state index in [0.29, 0.717) is 0 Å². The molecular weight excluding hydrogens is 316 g/mol. The van der Waals surface area contributed by atoms with Crippen LogP contribution in [0.25, 0.3) is 0 Å². The van der Waals surface area contributed by atoms with Crippen molar-refractivity contribution in [1.29, 1.82) is 0 Å². The Morgan fingerprint density at radius 1 is 1.00 bits per heavy atom. The maximum atomic E-state index is 12.5. The second kappa shape index (κ2) is 10.9. The van der Waals surface area contributed by atoms with Crippen LogP contribution in [0, 0.1) is 11.8 Å². The number of hydrogen-bond acceptors (Lipinski definition) is 3. The van der Waals surface area contributed by atoms with Gasteiger partial charge < -0.3 is 9.84 Å². The van der Waals surface area contributed by atoms with E-state index in [1.807, 2.05) is 0 Å². The van der Waals surface area contributed by atoms with Gasteiger partial charge in [0.1, 0.15) is 6.10 Å². The van der Waals surface area contributed by atoms with Gasteiger partial charge >= 0.3 is 11.9 Å². The Bertz CT molecular complexity index is 551. The van der Waals surface area contributed by atoms with Gasteiger partial charge in [0.25, 0.3) is 0 Å². The highest BCUT2D eigenvalue weighted by atomic mass is 16.5. The lowest BCUT2D eigenvalue weighted by molar-refractivity contribution is 0.0118. The number of carbonyl (C=O) groups excluding carboxylic acids is 1. The van der Waals surface area contributed by atoms with Gasteiger partial charge in [-0.05, 0) is 36.8 Å². The number of esters is 1. The van der Waals surface area contributed by atoms with E-state index in [1.165, 1.54) is 25.0 Å². The van der Waals surface area contributed by atoms with Gasteiger partial charge in [0.2, 0.25) is 0 Å². The fraction of sp³-hybridized carbons (Fsp3) is 0.619. The Morgan fingerprint density at radius 3 is 2.16 bits per heavy atom. The number of ether oxygens (including phenoxy) is 1. The average Bonchev–Trinajstić information content (AvgIpc) is 2.59. The van der Waals surface area contributed by atoms with E-state index in [0.717, 1.165) is 31.6 Å². The molecule has 140 valence electrons. The summed E-state index contributed by atoms with van der Waals surface area (Å²) >= 11 is 0. The lowest BCUT2D eigenvalue weighted by Gasteiger charge is -2.23. The molecule has 0 amide bonds. The monoisotopic (exact) mass is 348 g/mol. The molecule has 1 aromatic rings. The van der Waals surface area contributed by atoms with Crippen molar-refractivity contribution in [1.82, 2.24) is 0 Å². The molecule has 1 aromatic carbocycles. The quantitative estimate of drug-likeness (QED) is 0.420. The fourth-order valence-electron chi connectivity index (χ4n) is 2.85. The number of hydrogen-bond donors (Lipinski definition) is 1. The van der Waals surface area contributed by atoms with E-state index < -0.39 is 11.9 Å². The van der Waals surface area contributed by atoms with Gasteiger partial charge in [-0.3, -0.25) is 0 Å².